The second kappa shape index (κ2) is 8.37. The van der Waals surface area contributed by atoms with Gasteiger partial charge in [-0.3, -0.25) is 4.57 Å². The Hall–Kier alpha value is -6.32. The van der Waals surface area contributed by atoms with Crippen LogP contribution in [0.25, 0.3) is 88.1 Å². The molecule has 202 valence electrons. The van der Waals surface area contributed by atoms with Crippen LogP contribution in [0, 0.1) is 11.3 Å². The molecule has 44 heavy (non-hydrogen) atoms. The monoisotopic (exact) mass is 560 g/mol. The highest BCUT2D eigenvalue weighted by molar-refractivity contribution is 6.34. The first-order valence-corrected chi connectivity index (χ1v) is 14.5. The van der Waals surface area contributed by atoms with Crippen molar-refractivity contribution >= 4 is 70.9 Å². The van der Waals surface area contributed by atoms with Gasteiger partial charge < -0.3 is 4.40 Å². The van der Waals surface area contributed by atoms with Crippen LogP contribution in [0.5, 0.6) is 0 Å². The third-order valence-electron chi connectivity index (χ3n) is 8.93. The molecule has 6 heteroatoms. The van der Waals surface area contributed by atoms with E-state index in [1.807, 2.05) is 36.4 Å². The molecule has 0 saturated heterocycles. The molecule has 0 spiro atoms. The van der Waals surface area contributed by atoms with Gasteiger partial charge in [-0.15, -0.1) is 0 Å². The number of hydrogen-bond donors (Lipinski definition) is 0. The number of nitriles is 1. The maximum absolute atomic E-state index is 9.64. The number of rotatable bonds is 2. The van der Waals surface area contributed by atoms with Crippen LogP contribution >= 0.6 is 0 Å². The van der Waals surface area contributed by atoms with Crippen LogP contribution in [-0.4, -0.2) is 23.9 Å². The van der Waals surface area contributed by atoms with Crippen LogP contribution in [0.3, 0.4) is 0 Å². The number of benzene rings is 5. The first-order chi connectivity index (χ1) is 21.8. The maximum Gasteiger partial charge on any atom is 0.237 e. The van der Waals surface area contributed by atoms with Gasteiger partial charge in [-0.25, -0.2) is 9.97 Å². The number of hydrogen-bond acceptors (Lipinski definition) is 4. The van der Waals surface area contributed by atoms with E-state index in [0.29, 0.717) is 17.2 Å². The van der Waals surface area contributed by atoms with Gasteiger partial charge >= 0.3 is 0 Å². The fraction of sp³-hybridized carbons (Fsp3) is 0. The van der Waals surface area contributed by atoms with Crippen LogP contribution in [0.4, 0.5) is 0 Å². The second-order valence-corrected chi connectivity index (χ2v) is 11.2. The molecule has 10 aromatic rings. The van der Waals surface area contributed by atoms with Crippen molar-refractivity contribution in [2.24, 2.45) is 0 Å². The maximum atomic E-state index is 9.64. The van der Waals surface area contributed by atoms with E-state index in [1.165, 1.54) is 38.1 Å². The minimum absolute atomic E-state index is 0.544. The van der Waals surface area contributed by atoms with E-state index in [0.717, 1.165) is 38.4 Å². The topological polar surface area (TPSA) is 71.8 Å². The van der Waals surface area contributed by atoms with E-state index in [9.17, 15) is 5.26 Å². The predicted molar refractivity (Wildman–Crippen MR) is 176 cm³/mol. The molecule has 0 amide bonds. The molecule has 10 rings (SSSR count). The van der Waals surface area contributed by atoms with E-state index in [1.54, 1.807) is 6.20 Å². The first-order valence-electron chi connectivity index (χ1n) is 14.5. The van der Waals surface area contributed by atoms with Gasteiger partial charge in [0.05, 0.1) is 44.9 Å². The smallest absolute Gasteiger partial charge is 0.237 e. The fourth-order valence-electron chi connectivity index (χ4n) is 7.17. The van der Waals surface area contributed by atoms with Gasteiger partial charge in [-0.05, 0) is 48.5 Å². The van der Waals surface area contributed by atoms with Crippen molar-refractivity contribution < 1.29 is 0 Å². The molecule has 5 aromatic carbocycles. The van der Waals surface area contributed by atoms with Crippen LogP contribution in [0.2, 0.25) is 0 Å². The molecule has 0 aliphatic heterocycles. The Morgan fingerprint density at radius 1 is 0.568 bits per heavy atom. The Morgan fingerprint density at radius 3 is 2.07 bits per heavy atom. The minimum atomic E-state index is 0.544. The molecule has 0 atom stereocenters. The van der Waals surface area contributed by atoms with Crippen molar-refractivity contribution in [2.75, 3.05) is 0 Å². The molecule has 0 bridgehead atoms. The lowest BCUT2D eigenvalue weighted by molar-refractivity contribution is 1.01. The van der Waals surface area contributed by atoms with Gasteiger partial charge in [0.15, 0.2) is 5.65 Å². The summed E-state index contributed by atoms with van der Waals surface area (Å²) in [4.78, 5) is 15.0. The number of nitrogens with zero attached hydrogens (tertiary/aromatic N) is 6. The highest BCUT2D eigenvalue weighted by Crippen LogP contribution is 2.46. The average Bonchev–Trinajstić information content (AvgIpc) is 3.72. The summed E-state index contributed by atoms with van der Waals surface area (Å²) in [6, 6.07) is 41.8. The number of fused-ring (bicyclic) bond motifs is 11. The first kappa shape index (κ1) is 23.3. The predicted octanol–water partition coefficient (Wildman–Crippen LogP) is 8.81. The van der Waals surface area contributed by atoms with Gasteiger partial charge in [0.1, 0.15) is 0 Å². The lowest BCUT2D eigenvalue weighted by atomic mass is 10.0. The van der Waals surface area contributed by atoms with Gasteiger partial charge in [-0.1, -0.05) is 66.7 Å². The zero-order chi connectivity index (χ0) is 28.9. The van der Waals surface area contributed by atoms with Crippen molar-refractivity contribution in [3.8, 4) is 23.3 Å². The molecule has 5 heterocycles. The SMILES string of the molecule is N#Cc1cccc(-c2nc(-n3c4ccccc4c4cc5c6ccccc6n6c7ccccc7c(c43)c56)nc3ncccc23)c1. The summed E-state index contributed by atoms with van der Waals surface area (Å²) in [5.41, 5.74) is 8.45. The quantitative estimate of drug-likeness (QED) is 0.212. The Labute approximate surface area is 250 Å². The summed E-state index contributed by atoms with van der Waals surface area (Å²) >= 11 is 0. The van der Waals surface area contributed by atoms with E-state index >= 15 is 0 Å². The van der Waals surface area contributed by atoms with E-state index in [4.69, 9.17) is 9.97 Å². The van der Waals surface area contributed by atoms with Crippen molar-refractivity contribution in [1.29, 1.82) is 5.26 Å². The molecule has 0 aliphatic rings. The van der Waals surface area contributed by atoms with E-state index in [2.05, 4.69) is 98.9 Å². The average molecular weight is 561 g/mol. The standard InChI is InChI=1S/C38H20N6/c39-21-22-9-7-10-23(19-22)34-27-14-8-18-40-37(27)42-38(41-34)44-31-16-5-2-12-25(31)29-20-28-24-11-1-4-15-30(24)43-32-17-6-3-13-26(32)33(35(28)43)36(29)44/h1-20H. The molecule has 0 radical (unpaired) electrons. The van der Waals surface area contributed by atoms with Crippen molar-refractivity contribution in [3.05, 3.63) is 127 Å². The molecular formula is C38H20N6. The Balaban J connectivity index is 1.44. The van der Waals surface area contributed by atoms with Gasteiger partial charge in [-0.2, -0.15) is 10.2 Å². The zero-order valence-electron chi connectivity index (χ0n) is 23.2. The van der Waals surface area contributed by atoms with Gasteiger partial charge in [0.25, 0.3) is 0 Å². The highest BCUT2D eigenvalue weighted by Gasteiger charge is 2.25. The summed E-state index contributed by atoms with van der Waals surface area (Å²) in [5.74, 6) is 0.544. The Morgan fingerprint density at radius 2 is 1.25 bits per heavy atom. The summed E-state index contributed by atoms with van der Waals surface area (Å²) in [6.07, 6.45) is 1.76. The molecular weight excluding hydrogens is 540 g/mol. The third kappa shape index (κ3) is 2.90. The number of para-hydroxylation sites is 3. The molecule has 5 aromatic heterocycles. The normalized spacial score (nSPS) is 12.1. The van der Waals surface area contributed by atoms with Crippen molar-refractivity contribution in [2.45, 2.75) is 0 Å². The Kier molecular flexibility index (Phi) is 4.43. The molecule has 0 unspecified atom stereocenters. The minimum Gasteiger partial charge on any atom is -0.308 e. The van der Waals surface area contributed by atoms with Crippen LogP contribution in [0.1, 0.15) is 5.56 Å². The summed E-state index contributed by atoms with van der Waals surface area (Å²) in [6.45, 7) is 0. The van der Waals surface area contributed by atoms with Crippen LogP contribution in [-0.2, 0) is 0 Å². The van der Waals surface area contributed by atoms with Crippen LogP contribution < -0.4 is 0 Å². The molecule has 0 saturated carbocycles. The van der Waals surface area contributed by atoms with Gasteiger partial charge in [0.2, 0.25) is 5.95 Å². The van der Waals surface area contributed by atoms with Crippen molar-refractivity contribution in [3.63, 3.8) is 0 Å². The Bertz CT molecular complexity index is 2850. The lowest BCUT2D eigenvalue weighted by Gasteiger charge is -2.12. The fourth-order valence-corrected chi connectivity index (χ4v) is 7.17. The molecule has 6 nitrogen and oxygen atoms in total. The number of pyridine rings is 1. The third-order valence-corrected chi connectivity index (χ3v) is 8.93. The van der Waals surface area contributed by atoms with E-state index in [-0.39, 0.29) is 0 Å². The van der Waals surface area contributed by atoms with Crippen molar-refractivity contribution in [1.82, 2.24) is 23.9 Å². The second-order valence-electron chi connectivity index (χ2n) is 11.2. The summed E-state index contributed by atoms with van der Waals surface area (Å²) in [5, 5.41) is 17.6. The number of aromatic nitrogens is 5. The van der Waals surface area contributed by atoms with Gasteiger partial charge in [0, 0.05) is 49.5 Å². The molecule has 0 fully saturated rings. The summed E-state index contributed by atoms with van der Waals surface area (Å²) < 4.78 is 4.60. The van der Waals surface area contributed by atoms with E-state index < -0.39 is 0 Å². The zero-order valence-corrected chi connectivity index (χ0v) is 23.2. The lowest BCUT2D eigenvalue weighted by Crippen LogP contribution is -2.04. The summed E-state index contributed by atoms with van der Waals surface area (Å²) in [7, 11) is 0. The highest BCUT2D eigenvalue weighted by atomic mass is 15.2. The molecule has 0 aliphatic carbocycles. The van der Waals surface area contributed by atoms with Crippen LogP contribution in [0.15, 0.2) is 121 Å². The largest absolute Gasteiger partial charge is 0.308 e. The molecule has 0 N–H and O–H groups in total.